The van der Waals surface area contributed by atoms with Crippen LogP contribution >= 0.6 is 11.8 Å². The number of thioether (sulfide) groups is 1. The standard InChI is InChI=1S/C26H33N4O2S/c1-28(2)14-10-9-13-25-27-19(16-26-30(4)20-11-7-8-12-24(20)33-26)18-15-22(31-5)23(32-6)17-21(18)29(25)3/h7-8,11-12,15-17H,9-10,13-14H2,1-6H3/q+1. The van der Waals surface area contributed by atoms with E-state index < -0.39 is 0 Å². The molecule has 0 amide bonds. The zero-order chi connectivity index (χ0) is 23.5. The molecule has 3 aromatic rings. The maximum Gasteiger partial charge on any atom is 0.299 e. The van der Waals surface area contributed by atoms with Crippen molar-refractivity contribution in [1.82, 2.24) is 9.88 Å². The molecule has 0 radical (unpaired) electrons. The van der Waals surface area contributed by atoms with Crippen LogP contribution in [0.25, 0.3) is 17.0 Å². The number of anilines is 1. The van der Waals surface area contributed by atoms with E-state index in [0.717, 1.165) is 59.0 Å². The van der Waals surface area contributed by atoms with Crippen LogP contribution in [0.5, 0.6) is 11.5 Å². The first kappa shape index (κ1) is 23.4. The summed E-state index contributed by atoms with van der Waals surface area (Å²) in [5, 5.41) is 2.21. The Balaban J connectivity index is 1.80. The van der Waals surface area contributed by atoms with Gasteiger partial charge in [-0.05, 0) is 56.7 Å². The first-order valence-electron chi connectivity index (χ1n) is 11.2. The predicted octanol–water partition coefficient (Wildman–Crippen LogP) is 4.50. The minimum absolute atomic E-state index is 0.709. The Hall–Kier alpha value is -2.77. The summed E-state index contributed by atoms with van der Waals surface area (Å²) in [4.78, 5) is 10.9. The molecule has 6 nitrogen and oxygen atoms in total. The zero-order valence-electron chi connectivity index (χ0n) is 20.4. The molecule has 2 aromatic carbocycles. The fourth-order valence-corrected chi connectivity index (χ4v) is 5.26. The summed E-state index contributed by atoms with van der Waals surface area (Å²) in [5.74, 6) is 2.51. The maximum atomic E-state index is 5.61. The molecular weight excluding hydrogens is 432 g/mol. The molecule has 1 aliphatic heterocycles. The van der Waals surface area contributed by atoms with Gasteiger partial charge in [-0.1, -0.05) is 23.9 Å². The number of hydrogen-bond donors (Lipinski definition) is 0. The topological polar surface area (TPSA) is 41.7 Å². The van der Waals surface area contributed by atoms with Crippen molar-refractivity contribution in [3.05, 3.63) is 52.9 Å². The SMILES string of the molecule is COc1cc2c(/C=C3\Sc4ccccc4N3C)nc(CCCCN(C)C)[n+](C)c2cc1OC. The van der Waals surface area contributed by atoms with Gasteiger partial charge < -0.3 is 19.3 Å². The summed E-state index contributed by atoms with van der Waals surface area (Å²) >= 11 is 1.78. The number of hydrogen-bond acceptors (Lipinski definition) is 6. The van der Waals surface area contributed by atoms with Crippen molar-refractivity contribution in [2.75, 3.05) is 46.8 Å². The molecule has 0 N–H and O–H groups in total. The highest BCUT2D eigenvalue weighted by Gasteiger charge is 2.25. The Morgan fingerprint density at radius 2 is 1.82 bits per heavy atom. The van der Waals surface area contributed by atoms with E-state index in [2.05, 4.69) is 79.0 Å². The molecule has 0 unspecified atom stereocenters. The van der Waals surface area contributed by atoms with Crippen molar-refractivity contribution in [2.24, 2.45) is 7.05 Å². The van der Waals surface area contributed by atoms with Gasteiger partial charge in [0.05, 0.1) is 43.8 Å². The smallest absolute Gasteiger partial charge is 0.299 e. The van der Waals surface area contributed by atoms with Gasteiger partial charge in [-0.3, -0.25) is 0 Å². The largest absolute Gasteiger partial charge is 0.493 e. The van der Waals surface area contributed by atoms with E-state index in [1.165, 1.54) is 10.6 Å². The van der Waals surface area contributed by atoms with E-state index in [4.69, 9.17) is 14.5 Å². The van der Waals surface area contributed by atoms with Crippen molar-refractivity contribution in [1.29, 1.82) is 0 Å². The molecule has 2 heterocycles. The van der Waals surface area contributed by atoms with Crippen LogP contribution in [-0.2, 0) is 13.5 Å². The molecule has 4 rings (SSSR count). The second-order valence-corrected chi connectivity index (χ2v) is 9.63. The van der Waals surface area contributed by atoms with Crippen LogP contribution in [0.3, 0.4) is 0 Å². The van der Waals surface area contributed by atoms with Crippen molar-refractivity contribution >= 4 is 34.4 Å². The van der Waals surface area contributed by atoms with Crippen LogP contribution in [0.2, 0.25) is 0 Å². The summed E-state index contributed by atoms with van der Waals surface area (Å²) in [6.07, 6.45) is 5.35. The van der Waals surface area contributed by atoms with Crippen LogP contribution in [0.1, 0.15) is 24.4 Å². The Morgan fingerprint density at radius 3 is 2.52 bits per heavy atom. The second kappa shape index (κ2) is 10.0. The highest BCUT2D eigenvalue weighted by Crippen LogP contribution is 2.45. The third kappa shape index (κ3) is 4.80. The summed E-state index contributed by atoms with van der Waals surface area (Å²) in [7, 11) is 11.8. The maximum absolute atomic E-state index is 5.61. The average molecular weight is 466 g/mol. The van der Waals surface area contributed by atoms with Crippen molar-refractivity contribution in [2.45, 2.75) is 24.2 Å². The number of ether oxygens (including phenoxy) is 2. The molecule has 174 valence electrons. The lowest BCUT2D eigenvalue weighted by Crippen LogP contribution is -2.36. The van der Waals surface area contributed by atoms with Crippen molar-refractivity contribution in [3.63, 3.8) is 0 Å². The third-order valence-corrected chi connectivity index (χ3v) is 7.23. The van der Waals surface area contributed by atoms with E-state index >= 15 is 0 Å². The lowest BCUT2D eigenvalue weighted by Gasteiger charge is -2.14. The summed E-state index contributed by atoms with van der Waals surface area (Å²) < 4.78 is 13.4. The monoisotopic (exact) mass is 465 g/mol. The van der Waals surface area contributed by atoms with E-state index in [1.54, 1.807) is 26.0 Å². The molecule has 0 fully saturated rings. The molecule has 0 saturated carbocycles. The number of nitrogens with zero attached hydrogens (tertiary/aromatic N) is 4. The number of fused-ring (bicyclic) bond motifs is 2. The van der Waals surface area contributed by atoms with Gasteiger partial charge in [0.2, 0.25) is 0 Å². The predicted molar refractivity (Wildman–Crippen MR) is 136 cm³/mol. The van der Waals surface area contributed by atoms with Crippen LogP contribution < -0.4 is 18.9 Å². The quantitative estimate of drug-likeness (QED) is 0.360. The van der Waals surface area contributed by atoms with Gasteiger partial charge >= 0.3 is 0 Å². The van der Waals surface area contributed by atoms with Gasteiger partial charge in [0.1, 0.15) is 5.52 Å². The zero-order valence-corrected chi connectivity index (χ0v) is 21.2. The van der Waals surface area contributed by atoms with Crippen molar-refractivity contribution in [3.8, 4) is 11.5 Å². The van der Waals surface area contributed by atoms with Gasteiger partial charge in [0.15, 0.2) is 17.2 Å². The molecule has 1 aliphatic rings. The van der Waals surface area contributed by atoms with Gasteiger partial charge in [-0.2, -0.15) is 0 Å². The number of unbranched alkanes of at least 4 members (excludes halogenated alkanes) is 1. The fourth-order valence-electron chi connectivity index (χ4n) is 4.17. The molecule has 7 heteroatoms. The molecule has 0 bridgehead atoms. The van der Waals surface area contributed by atoms with Crippen molar-refractivity contribution < 1.29 is 14.0 Å². The molecule has 0 saturated heterocycles. The minimum Gasteiger partial charge on any atom is -0.493 e. The molecule has 0 atom stereocenters. The first-order valence-corrected chi connectivity index (χ1v) is 12.1. The van der Waals surface area contributed by atoms with E-state index in [-0.39, 0.29) is 0 Å². The van der Waals surface area contributed by atoms with Gasteiger partial charge in [0, 0.05) is 24.1 Å². The highest BCUT2D eigenvalue weighted by molar-refractivity contribution is 8.03. The normalized spacial score (nSPS) is 14.4. The van der Waals surface area contributed by atoms with E-state index in [1.807, 2.05) is 6.07 Å². The van der Waals surface area contributed by atoms with Gasteiger partial charge in [-0.25, -0.2) is 4.57 Å². The number of aryl methyl sites for hydroxylation is 2. The lowest BCUT2D eigenvalue weighted by molar-refractivity contribution is -0.656. The van der Waals surface area contributed by atoms with Crippen LogP contribution in [0.15, 0.2) is 46.3 Å². The van der Waals surface area contributed by atoms with Crippen LogP contribution in [-0.4, -0.2) is 51.8 Å². The molecule has 0 spiro atoms. The first-order chi connectivity index (χ1) is 15.9. The van der Waals surface area contributed by atoms with E-state index in [9.17, 15) is 0 Å². The minimum atomic E-state index is 0.709. The number of benzene rings is 2. The lowest BCUT2D eigenvalue weighted by atomic mass is 10.1. The second-order valence-electron chi connectivity index (χ2n) is 8.57. The summed E-state index contributed by atoms with van der Waals surface area (Å²) in [6.45, 7) is 1.08. The molecule has 33 heavy (non-hydrogen) atoms. The highest BCUT2D eigenvalue weighted by atomic mass is 32.2. The van der Waals surface area contributed by atoms with Crippen LogP contribution in [0.4, 0.5) is 5.69 Å². The Bertz CT molecular complexity index is 1190. The average Bonchev–Trinajstić information content (AvgIpc) is 3.13. The third-order valence-electron chi connectivity index (χ3n) is 6.06. The number of rotatable bonds is 8. The summed E-state index contributed by atoms with van der Waals surface area (Å²) in [6, 6.07) is 12.6. The molecule has 0 aliphatic carbocycles. The number of aromatic nitrogens is 2. The summed E-state index contributed by atoms with van der Waals surface area (Å²) in [5.41, 5.74) is 3.26. The van der Waals surface area contributed by atoms with Crippen LogP contribution in [0, 0.1) is 0 Å². The number of methoxy groups -OCH3 is 2. The molecule has 1 aromatic heterocycles. The Kier molecular flexibility index (Phi) is 7.10. The van der Waals surface area contributed by atoms with Gasteiger partial charge in [0.25, 0.3) is 5.82 Å². The molecular formula is C26H33N4O2S+. The Labute approximate surface area is 200 Å². The Morgan fingerprint density at radius 1 is 1.09 bits per heavy atom. The van der Waals surface area contributed by atoms with E-state index in [0.29, 0.717) is 5.75 Å². The number of para-hydroxylation sites is 1. The van der Waals surface area contributed by atoms with Gasteiger partial charge in [-0.15, -0.1) is 0 Å². The fraction of sp³-hybridized carbons (Fsp3) is 0.385.